The van der Waals surface area contributed by atoms with Crippen LogP contribution in [0.2, 0.25) is 0 Å². The number of hydrogen-bond donors (Lipinski definition) is 3. The van der Waals surface area contributed by atoms with Crippen LogP contribution in [0.25, 0.3) is 0 Å². The van der Waals surface area contributed by atoms with Gasteiger partial charge in [-0.3, -0.25) is 0 Å². The third-order valence-electron chi connectivity index (χ3n) is 3.72. The molecule has 0 saturated carbocycles. The number of hydrogen-bond acceptors (Lipinski definition) is 6. The van der Waals surface area contributed by atoms with Gasteiger partial charge in [0.05, 0.1) is 25.4 Å². The lowest BCUT2D eigenvalue weighted by Crippen LogP contribution is -2.44. The van der Waals surface area contributed by atoms with Crippen molar-refractivity contribution in [2.24, 2.45) is 0 Å². The molecule has 0 radical (unpaired) electrons. The molecule has 124 valence electrons. The van der Waals surface area contributed by atoms with Crippen LogP contribution in [-0.2, 0) is 9.47 Å². The van der Waals surface area contributed by atoms with Crippen molar-refractivity contribution in [1.82, 2.24) is 0 Å². The van der Waals surface area contributed by atoms with E-state index in [4.69, 9.17) is 14.2 Å². The van der Waals surface area contributed by atoms with Crippen molar-refractivity contribution >= 4 is 0 Å². The number of aliphatic hydroxyl groups excluding tert-OH is 3. The number of aliphatic hydroxyl groups is 3. The highest BCUT2D eigenvalue weighted by molar-refractivity contribution is 5.29. The highest BCUT2D eigenvalue weighted by Crippen LogP contribution is 2.32. The summed E-state index contributed by atoms with van der Waals surface area (Å²) in [7, 11) is 1.65. The van der Waals surface area contributed by atoms with Crippen molar-refractivity contribution in [2.45, 2.75) is 37.3 Å². The van der Waals surface area contributed by atoms with Gasteiger partial charge in [-0.05, 0) is 17.7 Å². The zero-order valence-electron chi connectivity index (χ0n) is 12.7. The van der Waals surface area contributed by atoms with Crippen LogP contribution in [0.3, 0.4) is 0 Å². The number of benzene rings is 1. The zero-order chi connectivity index (χ0) is 15.9. The van der Waals surface area contributed by atoms with Crippen molar-refractivity contribution in [3.05, 3.63) is 29.8 Å². The predicted octanol–water partition coefficient (Wildman–Crippen LogP) is 0.646. The fourth-order valence-electron chi connectivity index (χ4n) is 2.49. The molecule has 1 aliphatic heterocycles. The molecule has 6 heteroatoms. The normalized spacial score (nSPS) is 28.5. The van der Waals surface area contributed by atoms with Crippen LogP contribution in [0.5, 0.6) is 5.75 Å². The number of methoxy groups -OCH3 is 1. The second-order valence-corrected chi connectivity index (χ2v) is 5.42. The van der Waals surface area contributed by atoms with E-state index in [0.29, 0.717) is 13.2 Å². The van der Waals surface area contributed by atoms with E-state index in [2.05, 4.69) is 0 Å². The molecule has 0 aromatic heterocycles. The molecule has 6 nitrogen and oxygen atoms in total. The lowest BCUT2D eigenvalue weighted by molar-refractivity contribution is -0.179. The van der Waals surface area contributed by atoms with Crippen molar-refractivity contribution in [3.8, 4) is 5.75 Å². The van der Waals surface area contributed by atoms with Crippen LogP contribution in [-0.4, -0.2) is 60.6 Å². The Bertz CT molecular complexity index is 435. The molecule has 4 unspecified atom stereocenters. The van der Waals surface area contributed by atoms with Gasteiger partial charge in [-0.15, -0.1) is 0 Å². The van der Waals surface area contributed by atoms with Crippen LogP contribution in [0.15, 0.2) is 24.3 Å². The second-order valence-electron chi connectivity index (χ2n) is 5.42. The Balaban J connectivity index is 1.96. The van der Waals surface area contributed by atoms with Gasteiger partial charge in [0.2, 0.25) is 0 Å². The smallest absolute Gasteiger partial charge is 0.119 e. The average molecular weight is 312 g/mol. The van der Waals surface area contributed by atoms with Crippen molar-refractivity contribution < 1.29 is 29.5 Å². The summed E-state index contributed by atoms with van der Waals surface area (Å²) in [5.41, 5.74) is 0.744. The van der Waals surface area contributed by atoms with Gasteiger partial charge >= 0.3 is 0 Å². The molecule has 1 saturated heterocycles. The zero-order valence-corrected chi connectivity index (χ0v) is 12.7. The highest BCUT2D eigenvalue weighted by atomic mass is 16.5. The van der Waals surface area contributed by atoms with Crippen LogP contribution in [0, 0.1) is 0 Å². The molecule has 0 aliphatic carbocycles. The SMILES string of the molecule is COCCCOc1ccc(C2OC(CO)CC(O)C2O)cc1. The maximum absolute atomic E-state index is 10.1. The van der Waals surface area contributed by atoms with Crippen LogP contribution in [0.4, 0.5) is 0 Å². The van der Waals surface area contributed by atoms with Gasteiger partial charge in [0.25, 0.3) is 0 Å². The molecular formula is C16H24O6. The fraction of sp³-hybridized carbons (Fsp3) is 0.625. The molecule has 4 atom stereocenters. The van der Waals surface area contributed by atoms with Crippen molar-refractivity contribution in [1.29, 1.82) is 0 Å². The predicted molar refractivity (Wildman–Crippen MR) is 79.8 cm³/mol. The van der Waals surface area contributed by atoms with Gasteiger partial charge in [-0.2, -0.15) is 0 Å². The number of ether oxygens (including phenoxy) is 3. The quantitative estimate of drug-likeness (QED) is 0.641. The minimum atomic E-state index is -1.00. The maximum atomic E-state index is 10.1. The molecule has 1 fully saturated rings. The minimum absolute atomic E-state index is 0.180. The van der Waals surface area contributed by atoms with Crippen LogP contribution in [0.1, 0.15) is 24.5 Å². The monoisotopic (exact) mass is 312 g/mol. The molecule has 0 spiro atoms. The Morgan fingerprint density at radius 2 is 1.91 bits per heavy atom. The molecule has 1 aromatic carbocycles. The topological polar surface area (TPSA) is 88.4 Å². The summed E-state index contributed by atoms with van der Waals surface area (Å²) in [6, 6.07) is 7.19. The summed E-state index contributed by atoms with van der Waals surface area (Å²) in [4.78, 5) is 0. The molecule has 1 aromatic rings. The molecule has 22 heavy (non-hydrogen) atoms. The molecular weight excluding hydrogens is 288 g/mol. The summed E-state index contributed by atoms with van der Waals surface area (Å²) in [5.74, 6) is 0.726. The van der Waals surface area contributed by atoms with E-state index in [1.165, 1.54) is 0 Å². The van der Waals surface area contributed by atoms with E-state index in [0.717, 1.165) is 17.7 Å². The molecule has 1 heterocycles. The van der Waals surface area contributed by atoms with Crippen molar-refractivity contribution in [2.75, 3.05) is 26.9 Å². The van der Waals surface area contributed by atoms with E-state index in [1.807, 2.05) is 0 Å². The summed E-state index contributed by atoms with van der Waals surface area (Å²) in [6.07, 6.45) is -1.98. The summed E-state index contributed by atoms with van der Waals surface area (Å²) in [6.45, 7) is 1.04. The molecule has 1 aliphatic rings. The first kappa shape index (κ1) is 17.2. The molecule has 0 bridgehead atoms. The minimum Gasteiger partial charge on any atom is -0.494 e. The second kappa shape index (κ2) is 8.45. The first-order valence-corrected chi connectivity index (χ1v) is 7.50. The average Bonchev–Trinajstić information content (AvgIpc) is 2.55. The van der Waals surface area contributed by atoms with Gasteiger partial charge in [-0.1, -0.05) is 12.1 Å². The first-order chi connectivity index (χ1) is 10.7. The Hall–Kier alpha value is -1.18. The van der Waals surface area contributed by atoms with Gasteiger partial charge in [-0.25, -0.2) is 0 Å². The summed E-state index contributed by atoms with van der Waals surface area (Å²) in [5, 5.41) is 29.1. The third-order valence-corrected chi connectivity index (χ3v) is 3.72. The van der Waals surface area contributed by atoms with Crippen LogP contribution >= 0.6 is 0 Å². The van der Waals surface area contributed by atoms with E-state index in [-0.39, 0.29) is 13.0 Å². The first-order valence-electron chi connectivity index (χ1n) is 7.50. The summed E-state index contributed by atoms with van der Waals surface area (Å²) >= 11 is 0. The standard InChI is InChI=1S/C16H24O6/c1-20-7-2-8-21-12-5-3-11(4-6-12)16-15(19)14(18)9-13(10-17)22-16/h3-6,13-19H,2,7-10H2,1H3. The van der Waals surface area contributed by atoms with Gasteiger partial charge in [0.15, 0.2) is 0 Å². The van der Waals surface area contributed by atoms with E-state index in [9.17, 15) is 15.3 Å². The highest BCUT2D eigenvalue weighted by Gasteiger charge is 2.37. The van der Waals surface area contributed by atoms with E-state index in [1.54, 1.807) is 31.4 Å². The number of rotatable bonds is 7. The maximum Gasteiger partial charge on any atom is 0.119 e. The Morgan fingerprint density at radius 1 is 1.18 bits per heavy atom. The van der Waals surface area contributed by atoms with Gasteiger partial charge < -0.3 is 29.5 Å². The van der Waals surface area contributed by atoms with E-state index >= 15 is 0 Å². The molecule has 3 N–H and O–H groups in total. The Kier molecular flexibility index (Phi) is 6.60. The van der Waals surface area contributed by atoms with Gasteiger partial charge in [0, 0.05) is 26.6 Å². The lowest BCUT2D eigenvalue weighted by atomic mass is 9.93. The summed E-state index contributed by atoms with van der Waals surface area (Å²) < 4.78 is 16.2. The largest absolute Gasteiger partial charge is 0.494 e. The third kappa shape index (κ3) is 4.41. The Labute approximate surface area is 130 Å². The van der Waals surface area contributed by atoms with Gasteiger partial charge in [0.1, 0.15) is 18.0 Å². The molecule has 2 rings (SSSR count). The van der Waals surface area contributed by atoms with Crippen molar-refractivity contribution in [3.63, 3.8) is 0 Å². The Morgan fingerprint density at radius 3 is 2.55 bits per heavy atom. The lowest BCUT2D eigenvalue weighted by Gasteiger charge is -2.36. The van der Waals surface area contributed by atoms with E-state index < -0.39 is 24.4 Å². The fourth-order valence-corrected chi connectivity index (χ4v) is 2.49. The molecule has 0 amide bonds. The van der Waals surface area contributed by atoms with Crippen LogP contribution < -0.4 is 4.74 Å².